The van der Waals surface area contributed by atoms with Crippen LogP contribution in [-0.4, -0.2) is 30.0 Å². The number of hydrogen-bond donors (Lipinski definition) is 1. The van der Waals surface area contributed by atoms with Crippen LogP contribution in [-0.2, 0) is 19.3 Å². The van der Waals surface area contributed by atoms with Gasteiger partial charge in [-0.2, -0.15) is 0 Å². The third-order valence-corrected chi connectivity index (χ3v) is 7.42. The van der Waals surface area contributed by atoms with Gasteiger partial charge in [0.1, 0.15) is 12.4 Å². The van der Waals surface area contributed by atoms with Crippen molar-refractivity contribution in [1.82, 2.24) is 0 Å². The number of rotatable bonds is 4. The zero-order valence-electron chi connectivity index (χ0n) is 18.7. The summed E-state index contributed by atoms with van der Waals surface area (Å²) in [6, 6.07) is 18.5. The molecule has 0 radical (unpaired) electrons. The fourth-order valence-electron chi connectivity index (χ4n) is 4.44. The van der Waals surface area contributed by atoms with E-state index in [2.05, 4.69) is 5.32 Å². The molecular formula is C26H22FN3O3S. The lowest BCUT2D eigenvalue weighted by molar-refractivity contribution is -0.124. The normalized spacial score (nSPS) is 19.1. The molecule has 0 bridgehead atoms. The lowest BCUT2D eigenvalue weighted by Gasteiger charge is -2.33. The number of aryl methyl sites for hydroxylation is 2. The Morgan fingerprint density at radius 2 is 1.68 bits per heavy atom. The molecule has 172 valence electrons. The summed E-state index contributed by atoms with van der Waals surface area (Å²) in [6.07, 6.45) is 0. The van der Waals surface area contributed by atoms with Crippen molar-refractivity contribution in [3.05, 3.63) is 89.2 Å². The van der Waals surface area contributed by atoms with Crippen molar-refractivity contribution in [1.29, 1.82) is 0 Å². The van der Waals surface area contributed by atoms with Gasteiger partial charge in [-0.15, -0.1) is 11.8 Å². The van der Waals surface area contributed by atoms with Crippen LogP contribution < -0.4 is 15.1 Å². The maximum Gasteiger partial charge on any atom is 0.269 e. The number of fused-ring (bicyclic) bond motifs is 2. The van der Waals surface area contributed by atoms with Crippen molar-refractivity contribution in [2.45, 2.75) is 18.7 Å². The molecule has 1 saturated heterocycles. The second-order valence-electron chi connectivity index (χ2n) is 8.46. The largest absolute Gasteiger partial charge is 0.325 e. The molecule has 0 aromatic heterocycles. The number of benzene rings is 3. The number of halogens is 1. The maximum absolute atomic E-state index is 14.0. The van der Waals surface area contributed by atoms with Crippen molar-refractivity contribution in [3.8, 4) is 0 Å². The molecule has 1 fully saturated rings. The zero-order chi connectivity index (χ0) is 24.0. The average molecular weight is 476 g/mol. The predicted octanol–water partition coefficient (Wildman–Crippen LogP) is 4.36. The Hall–Kier alpha value is -3.65. The first-order chi connectivity index (χ1) is 16.3. The van der Waals surface area contributed by atoms with Crippen molar-refractivity contribution < 1.29 is 18.8 Å². The molecule has 1 spiro atoms. The topological polar surface area (TPSA) is 69.7 Å². The summed E-state index contributed by atoms with van der Waals surface area (Å²) in [5, 5.41) is 2.83. The van der Waals surface area contributed by atoms with E-state index in [1.54, 1.807) is 12.1 Å². The van der Waals surface area contributed by atoms with Crippen LogP contribution in [0.3, 0.4) is 0 Å². The molecule has 0 saturated carbocycles. The van der Waals surface area contributed by atoms with E-state index in [9.17, 15) is 18.8 Å². The van der Waals surface area contributed by atoms with Gasteiger partial charge in [0.15, 0.2) is 0 Å². The maximum atomic E-state index is 14.0. The van der Waals surface area contributed by atoms with Gasteiger partial charge in [0.05, 0.1) is 11.4 Å². The lowest BCUT2D eigenvalue weighted by Crippen LogP contribution is -2.50. The monoisotopic (exact) mass is 475 g/mol. The van der Waals surface area contributed by atoms with Crippen LogP contribution in [0.5, 0.6) is 0 Å². The van der Waals surface area contributed by atoms with Crippen LogP contribution in [0.25, 0.3) is 0 Å². The van der Waals surface area contributed by atoms with Crippen molar-refractivity contribution in [3.63, 3.8) is 0 Å². The zero-order valence-corrected chi connectivity index (χ0v) is 19.5. The van der Waals surface area contributed by atoms with Gasteiger partial charge in [-0.25, -0.2) is 4.39 Å². The number of hydrogen-bond acceptors (Lipinski definition) is 4. The summed E-state index contributed by atoms with van der Waals surface area (Å²) in [4.78, 5) is 41.4. The SMILES string of the molecule is Cc1ccc(NC(=O)CN2C(=O)[C@@]3(SCC(=O)N3c3ccc(F)cc3)c3cc(C)ccc32)cc1. The fraction of sp³-hybridized carbons (Fsp3) is 0.192. The predicted molar refractivity (Wildman–Crippen MR) is 131 cm³/mol. The first-order valence-electron chi connectivity index (χ1n) is 10.8. The fourth-order valence-corrected chi connectivity index (χ4v) is 5.80. The number of nitrogens with one attached hydrogen (secondary N) is 1. The number of thioether (sulfide) groups is 1. The molecule has 3 aromatic carbocycles. The summed E-state index contributed by atoms with van der Waals surface area (Å²) >= 11 is 1.22. The number of carbonyl (C=O) groups excluding carboxylic acids is 3. The van der Waals surface area contributed by atoms with E-state index < -0.39 is 10.7 Å². The van der Waals surface area contributed by atoms with E-state index in [1.165, 1.54) is 45.8 Å². The van der Waals surface area contributed by atoms with E-state index in [0.717, 1.165) is 11.1 Å². The number of carbonyl (C=O) groups is 3. The molecule has 1 atom stereocenters. The van der Waals surface area contributed by atoms with Crippen LogP contribution in [0, 0.1) is 19.7 Å². The minimum atomic E-state index is -1.35. The van der Waals surface area contributed by atoms with Crippen LogP contribution in [0.1, 0.15) is 16.7 Å². The molecule has 5 rings (SSSR count). The highest BCUT2D eigenvalue weighted by atomic mass is 32.2. The first kappa shape index (κ1) is 22.2. The molecule has 2 aliphatic heterocycles. The van der Waals surface area contributed by atoms with Gasteiger partial charge in [0, 0.05) is 16.9 Å². The molecule has 2 heterocycles. The number of amides is 3. The van der Waals surface area contributed by atoms with Gasteiger partial charge in [0.25, 0.3) is 5.91 Å². The Balaban J connectivity index is 1.53. The molecular weight excluding hydrogens is 453 g/mol. The van der Waals surface area contributed by atoms with Crippen LogP contribution in [0.4, 0.5) is 21.5 Å². The number of anilines is 3. The van der Waals surface area contributed by atoms with Gasteiger partial charge < -0.3 is 5.32 Å². The third-order valence-electron chi connectivity index (χ3n) is 6.03. The second kappa shape index (κ2) is 8.29. The highest BCUT2D eigenvalue weighted by Gasteiger charge is 2.61. The van der Waals surface area contributed by atoms with Crippen molar-refractivity contribution in [2.75, 3.05) is 27.4 Å². The average Bonchev–Trinajstić information content (AvgIpc) is 3.27. The lowest BCUT2D eigenvalue weighted by atomic mass is 10.0. The molecule has 3 aromatic rings. The van der Waals surface area contributed by atoms with Crippen molar-refractivity contribution in [2.24, 2.45) is 0 Å². The molecule has 0 aliphatic carbocycles. The molecule has 1 N–H and O–H groups in total. The second-order valence-corrected chi connectivity index (χ2v) is 9.63. The molecule has 34 heavy (non-hydrogen) atoms. The summed E-state index contributed by atoms with van der Waals surface area (Å²) in [5.74, 6) is -1.29. The van der Waals surface area contributed by atoms with Crippen molar-refractivity contribution >= 4 is 46.5 Å². The van der Waals surface area contributed by atoms with Gasteiger partial charge in [-0.1, -0.05) is 35.4 Å². The highest BCUT2D eigenvalue weighted by Crippen LogP contribution is 2.55. The minimum absolute atomic E-state index is 0.0971. The smallest absolute Gasteiger partial charge is 0.269 e. The Morgan fingerprint density at radius 1 is 1.00 bits per heavy atom. The van der Waals surface area contributed by atoms with Gasteiger partial charge >= 0.3 is 0 Å². The van der Waals surface area contributed by atoms with Gasteiger partial charge in [-0.05, 0) is 56.3 Å². The molecule has 0 unspecified atom stereocenters. The molecule has 8 heteroatoms. The van der Waals surface area contributed by atoms with E-state index in [-0.39, 0.29) is 30.0 Å². The van der Waals surface area contributed by atoms with E-state index >= 15 is 0 Å². The van der Waals surface area contributed by atoms with Gasteiger partial charge in [0.2, 0.25) is 16.7 Å². The highest BCUT2D eigenvalue weighted by molar-refractivity contribution is 8.02. The summed E-state index contributed by atoms with van der Waals surface area (Å²) < 4.78 is 13.6. The third kappa shape index (κ3) is 3.54. The van der Waals surface area contributed by atoms with E-state index in [0.29, 0.717) is 22.6 Å². The Labute approximate surface area is 200 Å². The van der Waals surface area contributed by atoms with Gasteiger partial charge in [-0.3, -0.25) is 24.2 Å². The molecule has 3 amide bonds. The quantitative estimate of drug-likeness (QED) is 0.609. The minimum Gasteiger partial charge on any atom is -0.325 e. The van der Waals surface area contributed by atoms with Crippen LogP contribution in [0.2, 0.25) is 0 Å². The first-order valence-corrected chi connectivity index (χ1v) is 11.8. The van der Waals surface area contributed by atoms with Crippen LogP contribution in [0.15, 0.2) is 66.7 Å². The summed E-state index contributed by atoms with van der Waals surface area (Å²) in [7, 11) is 0. The van der Waals surface area contributed by atoms with E-state index in [1.807, 2.05) is 44.2 Å². The molecule has 2 aliphatic rings. The Morgan fingerprint density at radius 3 is 2.38 bits per heavy atom. The number of nitrogens with zero attached hydrogens (tertiary/aromatic N) is 2. The standard InChI is InChI=1S/C26H22FN3O3S/c1-16-3-8-19(9-4-16)28-23(31)14-29-22-12-5-17(2)13-21(22)26(25(29)33)30(24(32)15-34-26)20-10-6-18(27)7-11-20/h3-13H,14-15H2,1-2H3,(H,28,31)/t26-/m0/s1. The summed E-state index contributed by atoms with van der Waals surface area (Å²) in [6.45, 7) is 3.67. The summed E-state index contributed by atoms with van der Waals surface area (Å²) in [5.41, 5.74) is 4.31. The Bertz CT molecular complexity index is 1310. The van der Waals surface area contributed by atoms with E-state index in [4.69, 9.17) is 0 Å². The Kier molecular flexibility index (Phi) is 5.40. The molecule has 6 nitrogen and oxygen atoms in total. The van der Waals surface area contributed by atoms with Crippen LogP contribution >= 0.6 is 11.8 Å².